The van der Waals surface area contributed by atoms with Gasteiger partial charge in [-0.2, -0.15) is 0 Å². The van der Waals surface area contributed by atoms with Gasteiger partial charge in [0.2, 0.25) is 0 Å². The van der Waals surface area contributed by atoms with Crippen molar-refractivity contribution in [3.05, 3.63) is 29.8 Å². The van der Waals surface area contributed by atoms with Crippen LogP contribution in [0.25, 0.3) is 0 Å². The van der Waals surface area contributed by atoms with Crippen LogP contribution in [0.15, 0.2) is 24.3 Å². The third-order valence-corrected chi connectivity index (χ3v) is 4.69. The Kier molecular flexibility index (Phi) is 4.78. The number of benzene rings is 1. The van der Waals surface area contributed by atoms with E-state index >= 15 is 0 Å². The van der Waals surface area contributed by atoms with E-state index in [1.54, 1.807) is 7.11 Å². The molecule has 1 aromatic rings. The third-order valence-electron chi connectivity index (χ3n) is 4.69. The molecular formula is C17H26N2O2. The van der Waals surface area contributed by atoms with Gasteiger partial charge in [-0.3, -0.25) is 4.90 Å². The molecule has 0 bridgehead atoms. The zero-order valence-corrected chi connectivity index (χ0v) is 13.0. The second kappa shape index (κ2) is 6.77. The SMILES string of the molecule is CCNC(c1ccc(OC)cc1)C1CN2CCCC2CO1. The molecule has 2 aliphatic rings. The fraction of sp³-hybridized carbons (Fsp3) is 0.647. The van der Waals surface area contributed by atoms with Gasteiger partial charge >= 0.3 is 0 Å². The van der Waals surface area contributed by atoms with Gasteiger partial charge in [0, 0.05) is 12.6 Å². The number of methoxy groups -OCH3 is 1. The molecule has 0 aromatic heterocycles. The topological polar surface area (TPSA) is 33.7 Å². The summed E-state index contributed by atoms with van der Waals surface area (Å²) in [4.78, 5) is 2.60. The van der Waals surface area contributed by atoms with E-state index in [4.69, 9.17) is 9.47 Å². The van der Waals surface area contributed by atoms with Crippen molar-refractivity contribution < 1.29 is 9.47 Å². The molecule has 2 heterocycles. The Morgan fingerprint density at radius 1 is 1.38 bits per heavy atom. The average molecular weight is 290 g/mol. The minimum atomic E-state index is 0.229. The lowest BCUT2D eigenvalue weighted by atomic mass is 9.99. The molecule has 116 valence electrons. The minimum absolute atomic E-state index is 0.229. The van der Waals surface area contributed by atoms with Crippen LogP contribution < -0.4 is 10.1 Å². The molecular weight excluding hydrogens is 264 g/mol. The summed E-state index contributed by atoms with van der Waals surface area (Å²) in [6.45, 7) is 6.24. The van der Waals surface area contributed by atoms with Crippen LogP contribution in [-0.4, -0.2) is 50.4 Å². The second-order valence-corrected chi connectivity index (χ2v) is 5.97. The highest BCUT2D eigenvalue weighted by Gasteiger charge is 2.36. The molecule has 2 saturated heterocycles. The second-order valence-electron chi connectivity index (χ2n) is 5.97. The van der Waals surface area contributed by atoms with Gasteiger partial charge in [0.25, 0.3) is 0 Å². The molecule has 2 aliphatic heterocycles. The lowest BCUT2D eigenvalue weighted by molar-refractivity contribution is -0.0650. The largest absolute Gasteiger partial charge is 0.497 e. The normalized spacial score (nSPS) is 27.3. The summed E-state index contributed by atoms with van der Waals surface area (Å²) in [7, 11) is 1.70. The van der Waals surface area contributed by atoms with Crippen LogP contribution in [0.1, 0.15) is 31.4 Å². The van der Waals surface area contributed by atoms with Gasteiger partial charge < -0.3 is 14.8 Å². The van der Waals surface area contributed by atoms with Gasteiger partial charge in [0.05, 0.1) is 25.9 Å². The van der Waals surface area contributed by atoms with Gasteiger partial charge in [-0.25, -0.2) is 0 Å². The number of rotatable bonds is 5. The van der Waals surface area contributed by atoms with Crippen LogP contribution in [0.3, 0.4) is 0 Å². The zero-order valence-electron chi connectivity index (χ0n) is 13.0. The van der Waals surface area contributed by atoms with E-state index in [1.165, 1.54) is 24.9 Å². The van der Waals surface area contributed by atoms with Crippen LogP contribution in [0, 0.1) is 0 Å². The van der Waals surface area contributed by atoms with Gasteiger partial charge in [-0.1, -0.05) is 19.1 Å². The van der Waals surface area contributed by atoms with E-state index in [1.807, 2.05) is 12.1 Å². The Morgan fingerprint density at radius 3 is 2.90 bits per heavy atom. The van der Waals surface area contributed by atoms with E-state index < -0.39 is 0 Å². The monoisotopic (exact) mass is 290 g/mol. The number of fused-ring (bicyclic) bond motifs is 1. The van der Waals surface area contributed by atoms with Crippen LogP contribution in [0.4, 0.5) is 0 Å². The van der Waals surface area contributed by atoms with Gasteiger partial charge in [0.15, 0.2) is 0 Å². The Hall–Kier alpha value is -1.10. The average Bonchev–Trinajstić information content (AvgIpc) is 3.00. The van der Waals surface area contributed by atoms with Crippen LogP contribution in [-0.2, 0) is 4.74 Å². The van der Waals surface area contributed by atoms with Crippen molar-refractivity contribution in [1.29, 1.82) is 0 Å². The van der Waals surface area contributed by atoms with Gasteiger partial charge in [-0.15, -0.1) is 0 Å². The van der Waals surface area contributed by atoms with Crippen molar-refractivity contribution in [1.82, 2.24) is 10.2 Å². The van der Waals surface area contributed by atoms with Crippen molar-refractivity contribution in [2.45, 2.75) is 38.0 Å². The first kappa shape index (κ1) is 14.8. The quantitative estimate of drug-likeness (QED) is 0.901. The molecule has 0 saturated carbocycles. The summed E-state index contributed by atoms with van der Waals surface area (Å²) in [6, 6.07) is 9.25. The Balaban J connectivity index is 1.73. The van der Waals surface area contributed by atoms with Crippen LogP contribution >= 0.6 is 0 Å². The van der Waals surface area contributed by atoms with Crippen molar-refractivity contribution >= 4 is 0 Å². The lowest BCUT2D eigenvalue weighted by Gasteiger charge is -2.39. The van der Waals surface area contributed by atoms with Crippen molar-refractivity contribution in [2.24, 2.45) is 0 Å². The summed E-state index contributed by atoms with van der Waals surface area (Å²) in [5.41, 5.74) is 1.28. The number of nitrogens with one attached hydrogen (secondary N) is 1. The predicted molar refractivity (Wildman–Crippen MR) is 83.7 cm³/mol. The number of hydrogen-bond acceptors (Lipinski definition) is 4. The lowest BCUT2D eigenvalue weighted by Crippen LogP contribution is -2.50. The summed E-state index contributed by atoms with van der Waals surface area (Å²) in [6.07, 6.45) is 2.84. The predicted octanol–water partition coefficient (Wildman–Crippen LogP) is 2.21. The zero-order chi connectivity index (χ0) is 14.7. The molecule has 3 rings (SSSR count). The summed E-state index contributed by atoms with van der Waals surface area (Å²) in [5, 5.41) is 3.59. The first-order chi connectivity index (χ1) is 10.3. The van der Waals surface area contributed by atoms with E-state index in [-0.39, 0.29) is 12.1 Å². The fourth-order valence-corrected chi connectivity index (χ4v) is 3.54. The molecule has 2 fully saturated rings. The maximum absolute atomic E-state index is 6.18. The minimum Gasteiger partial charge on any atom is -0.497 e. The van der Waals surface area contributed by atoms with E-state index in [9.17, 15) is 0 Å². The molecule has 21 heavy (non-hydrogen) atoms. The smallest absolute Gasteiger partial charge is 0.118 e. The first-order valence-electron chi connectivity index (χ1n) is 8.04. The van der Waals surface area contributed by atoms with E-state index in [2.05, 4.69) is 29.3 Å². The molecule has 4 heteroatoms. The van der Waals surface area contributed by atoms with Gasteiger partial charge in [0.1, 0.15) is 5.75 Å². The Labute approximate surface area is 127 Å². The first-order valence-corrected chi connectivity index (χ1v) is 8.04. The van der Waals surface area contributed by atoms with Crippen molar-refractivity contribution in [2.75, 3.05) is 33.4 Å². The van der Waals surface area contributed by atoms with Crippen LogP contribution in [0.2, 0.25) is 0 Å². The molecule has 1 N–H and O–H groups in total. The van der Waals surface area contributed by atoms with Crippen molar-refractivity contribution in [3.8, 4) is 5.75 Å². The Morgan fingerprint density at radius 2 is 2.19 bits per heavy atom. The number of morpholine rings is 1. The Bertz CT molecular complexity index is 449. The maximum atomic E-state index is 6.18. The molecule has 0 aliphatic carbocycles. The highest BCUT2D eigenvalue weighted by atomic mass is 16.5. The molecule has 3 atom stereocenters. The number of likely N-dealkylation sites (N-methyl/N-ethyl adjacent to an activating group) is 1. The molecule has 3 unspecified atom stereocenters. The molecule has 1 aromatic carbocycles. The highest BCUT2D eigenvalue weighted by molar-refractivity contribution is 5.30. The standard InChI is InChI=1S/C17H26N2O2/c1-3-18-17(13-6-8-15(20-2)9-7-13)16-11-19-10-4-5-14(19)12-21-16/h6-9,14,16-18H,3-5,10-12H2,1-2H3. The molecule has 0 radical (unpaired) electrons. The summed E-state index contributed by atoms with van der Waals surface area (Å²) in [5.74, 6) is 0.901. The fourth-order valence-electron chi connectivity index (χ4n) is 3.54. The van der Waals surface area contributed by atoms with Crippen molar-refractivity contribution in [3.63, 3.8) is 0 Å². The van der Waals surface area contributed by atoms with E-state index in [0.717, 1.165) is 25.4 Å². The van der Waals surface area contributed by atoms with E-state index in [0.29, 0.717) is 6.04 Å². The third kappa shape index (κ3) is 3.23. The maximum Gasteiger partial charge on any atom is 0.118 e. The molecule has 0 amide bonds. The summed E-state index contributed by atoms with van der Waals surface area (Å²) < 4.78 is 11.4. The highest BCUT2D eigenvalue weighted by Crippen LogP contribution is 2.29. The number of hydrogen-bond donors (Lipinski definition) is 1. The van der Waals surface area contributed by atoms with Gasteiger partial charge in [-0.05, 0) is 43.6 Å². The molecule has 0 spiro atoms. The molecule has 4 nitrogen and oxygen atoms in total. The van der Waals surface area contributed by atoms with Crippen LogP contribution in [0.5, 0.6) is 5.75 Å². The number of nitrogens with zero attached hydrogens (tertiary/aromatic N) is 1. The summed E-state index contributed by atoms with van der Waals surface area (Å²) >= 11 is 0. The number of ether oxygens (including phenoxy) is 2.